The molecule has 0 aliphatic carbocycles. The number of hydrogen-bond donors (Lipinski definition) is 1. The fourth-order valence-electron chi connectivity index (χ4n) is 0. The fraction of sp³-hybridized carbons (Fsp3) is 0. The van der Waals surface area contributed by atoms with Crippen LogP contribution < -0.4 is 5.73 Å². The van der Waals surface area contributed by atoms with Crippen LogP contribution in [0.4, 0.5) is 0 Å². The molecule has 0 amide bonds. The second-order valence-electron chi connectivity index (χ2n) is 0.129. The standard InChI is InChI=1S/CH2N2.Cu/c2-1-3;/h2H2;/q;+1. The summed E-state index contributed by atoms with van der Waals surface area (Å²) in [5.74, 6) is 0. The summed E-state index contributed by atoms with van der Waals surface area (Å²) in [6.45, 7) is 0. The zero-order valence-corrected chi connectivity index (χ0v) is 2.77. The fourth-order valence-corrected chi connectivity index (χ4v) is 0. The molecule has 0 saturated carbocycles. The maximum absolute atomic E-state index is 7.10. The Balaban J connectivity index is 0. The number of hydrogen-bond acceptors (Lipinski definition) is 2. The van der Waals surface area contributed by atoms with Gasteiger partial charge in [-0.15, -0.1) is 0 Å². The summed E-state index contributed by atoms with van der Waals surface area (Å²) in [6.07, 6.45) is 1.25. The monoisotopic (exact) mass is 105 g/mol. The van der Waals surface area contributed by atoms with Crippen molar-refractivity contribution < 1.29 is 17.1 Å². The van der Waals surface area contributed by atoms with E-state index in [0.717, 1.165) is 0 Å². The second-order valence-corrected chi connectivity index (χ2v) is 0.129. The molecule has 2 nitrogen and oxygen atoms in total. The minimum absolute atomic E-state index is 0. The van der Waals surface area contributed by atoms with Crippen molar-refractivity contribution in [2.75, 3.05) is 0 Å². The van der Waals surface area contributed by atoms with Gasteiger partial charge in [-0.25, -0.2) is 0 Å². The molecule has 0 bridgehead atoms. The molecule has 0 aromatic rings. The Morgan fingerprint density at radius 2 is 1.75 bits per heavy atom. The Bertz CT molecular complexity index is 27.5. The van der Waals surface area contributed by atoms with Gasteiger partial charge >= 0.3 is 17.1 Å². The normalized spacial score (nSPS) is 1.75. The Hall–Kier alpha value is -0.191. The first kappa shape index (κ1) is 9.18. The van der Waals surface area contributed by atoms with Crippen molar-refractivity contribution in [2.45, 2.75) is 0 Å². The quantitative estimate of drug-likeness (QED) is 0.255. The van der Waals surface area contributed by atoms with Crippen molar-refractivity contribution in [2.24, 2.45) is 5.73 Å². The molecule has 2 N–H and O–H groups in total. The number of nitriles is 1. The first-order valence-corrected chi connectivity index (χ1v) is 0.512. The number of nitrogens with two attached hydrogens (primary N) is 1. The van der Waals surface area contributed by atoms with Gasteiger partial charge in [-0.05, 0) is 0 Å². The summed E-state index contributed by atoms with van der Waals surface area (Å²) in [5, 5.41) is 7.10. The topological polar surface area (TPSA) is 49.8 Å². The molecule has 0 atom stereocenters. The molecule has 0 aromatic carbocycles. The van der Waals surface area contributed by atoms with Crippen molar-refractivity contribution in [1.29, 1.82) is 5.26 Å². The molecule has 0 fully saturated rings. The average molecular weight is 106 g/mol. The maximum Gasteiger partial charge on any atom is 1.00 e. The van der Waals surface area contributed by atoms with E-state index in [2.05, 4.69) is 5.73 Å². The smallest absolute Gasteiger partial charge is 0.337 e. The Kier molecular flexibility index (Phi) is 32.2. The largest absolute Gasteiger partial charge is 1.00 e. The van der Waals surface area contributed by atoms with Crippen molar-refractivity contribution in [3.05, 3.63) is 0 Å². The molecule has 0 saturated heterocycles. The van der Waals surface area contributed by atoms with Crippen molar-refractivity contribution >= 4 is 0 Å². The average Bonchev–Trinajstić information content (AvgIpc) is 0.918. The van der Waals surface area contributed by atoms with Crippen LogP contribution in [0.25, 0.3) is 0 Å². The van der Waals surface area contributed by atoms with Gasteiger partial charge in [0.15, 0.2) is 6.19 Å². The molecule has 0 radical (unpaired) electrons. The molecule has 0 heterocycles. The van der Waals surface area contributed by atoms with Crippen LogP contribution in [0.1, 0.15) is 0 Å². The summed E-state index contributed by atoms with van der Waals surface area (Å²) in [4.78, 5) is 0. The first-order valence-electron chi connectivity index (χ1n) is 0.512. The maximum atomic E-state index is 7.10. The third kappa shape index (κ3) is 32.7. The molecule has 0 unspecified atom stereocenters. The third-order valence-corrected chi connectivity index (χ3v) is 0. The van der Waals surface area contributed by atoms with E-state index in [-0.39, 0.29) is 17.1 Å². The van der Waals surface area contributed by atoms with Gasteiger partial charge in [-0.2, -0.15) is 5.26 Å². The van der Waals surface area contributed by atoms with Gasteiger partial charge < -0.3 is 5.73 Å². The molecule has 3 heteroatoms. The Morgan fingerprint density at radius 3 is 1.75 bits per heavy atom. The van der Waals surface area contributed by atoms with Crippen molar-refractivity contribution in [1.82, 2.24) is 0 Å². The summed E-state index contributed by atoms with van der Waals surface area (Å²) < 4.78 is 0. The number of rotatable bonds is 0. The van der Waals surface area contributed by atoms with Gasteiger partial charge in [0.25, 0.3) is 0 Å². The van der Waals surface area contributed by atoms with Crippen LogP contribution in [-0.4, -0.2) is 0 Å². The van der Waals surface area contributed by atoms with Crippen LogP contribution in [0.2, 0.25) is 0 Å². The van der Waals surface area contributed by atoms with E-state index in [0.29, 0.717) is 0 Å². The Morgan fingerprint density at radius 1 is 1.75 bits per heavy atom. The van der Waals surface area contributed by atoms with E-state index in [1.54, 1.807) is 0 Å². The number of nitrogens with zero attached hydrogens (tertiary/aromatic N) is 1. The second kappa shape index (κ2) is 14.0. The van der Waals surface area contributed by atoms with Gasteiger partial charge in [0.05, 0.1) is 0 Å². The first-order chi connectivity index (χ1) is 1.41. The van der Waals surface area contributed by atoms with Gasteiger partial charge in [0.2, 0.25) is 0 Å². The Labute approximate surface area is 35.1 Å². The van der Waals surface area contributed by atoms with Gasteiger partial charge in [0, 0.05) is 0 Å². The van der Waals surface area contributed by atoms with E-state index in [1.165, 1.54) is 6.19 Å². The molecular formula is CH2CuN2+. The molecule has 0 aliphatic rings. The molecule has 0 aromatic heterocycles. The summed E-state index contributed by atoms with van der Waals surface area (Å²) in [5.41, 5.74) is 4.15. The summed E-state index contributed by atoms with van der Waals surface area (Å²) in [7, 11) is 0. The van der Waals surface area contributed by atoms with Crippen molar-refractivity contribution in [3.8, 4) is 6.19 Å². The minimum atomic E-state index is 0. The molecule has 0 spiro atoms. The van der Waals surface area contributed by atoms with Crippen LogP contribution in [-0.2, 0) is 17.1 Å². The predicted molar refractivity (Wildman–Crippen MR) is 9.80 cm³/mol. The molecular weight excluding hydrogens is 104 g/mol. The molecule has 26 valence electrons. The molecule has 0 rings (SSSR count). The van der Waals surface area contributed by atoms with Crippen LogP contribution in [0.5, 0.6) is 0 Å². The zero-order chi connectivity index (χ0) is 2.71. The van der Waals surface area contributed by atoms with Crippen LogP contribution in [0.15, 0.2) is 0 Å². The minimum Gasteiger partial charge on any atom is -0.337 e. The summed E-state index contributed by atoms with van der Waals surface area (Å²) in [6, 6.07) is 0. The summed E-state index contributed by atoms with van der Waals surface area (Å²) >= 11 is 0. The third-order valence-electron chi connectivity index (χ3n) is 0. The van der Waals surface area contributed by atoms with Gasteiger partial charge in [-0.1, -0.05) is 0 Å². The van der Waals surface area contributed by atoms with Crippen LogP contribution in [0.3, 0.4) is 0 Å². The van der Waals surface area contributed by atoms with Crippen molar-refractivity contribution in [3.63, 3.8) is 0 Å². The van der Waals surface area contributed by atoms with E-state index in [1.807, 2.05) is 0 Å². The van der Waals surface area contributed by atoms with Gasteiger partial charge in [-0.3, -0.25) is 0 Å². The molecule has 0 aliphatic heterocycles. The van der Waals surface area contributed by atoms with E-state index in [4.69, 9.17) is 5.26 Å². The zero-order valence-electron chi connectivity index (χ0n) is 1.83. The predicted octanol–water partition coefficient (Wildman–Crippen LogP) is -0.576. The van der Waals surface area contributed by atoms with Crippen LogP contribution in [0, 0.1) is 11.5 Å². The van der Waals surface area contributed by atoms with E-state index >= 15 is 0 Å². The van der Waals surface area contributed by atoms with E-state index < -0.39 is 0 Å². The van der Waals surface area contributed by atoms with Gasteiger partial charge in [0.1, 0.15) is 0 Å². The van der Waals surface area contributed by atoms with Crippen LogP contribution >= 0.6 is 0 Å². The van der Waals surface area contributed by atoms with E-state index in [9.17, 15) is 0 Å². The SMILES string of the molecule is N#CN.[Cu+]. The molecule has 4 heavy (non-hydrogen) atoms.